The summed E-state index contributed by atoms with van der Waals surface area (Å²) in [4.78, 5) is 2.62. The van der Waals surface area contributed by atoms with Gasteiger partial charge in [0.1, 0.15) is 0 Å². The van der Waals surface area contributed by atoms with E-state index in [0.29, 0.717) is 6.04 Å². The Hall–Kier alpha value is -1.06. The number of nitrogens with one attached hydrogen (secondary N) is 1. The molecule has 3 heteroatoms. The molecule has 1 saturated heterocycles. The van der Waals surface area contributed by atoms with Gasteiger partial charge in [0.2, 0.25) is 0 Å². The SMILES string of the molecule is CCC1CCCCN1c1ccccc1CNCCOC. The third-order valence-corrected chi connectivity index (χ3v) is 4.20. The van der Waals surface area contributed by atoms with Gasteiger partial charge in [-0.05, 0) is 37.3 Å². The van der Waals surface area contributed by atoms with Gasteiger partial charge in [0, 0.05) is 38.5 Å². The molecule has 2 rings (SSSR count). The van der Waals surface area contributed by atoms with Crippen LogP contribution in [0, 0.1) is 0 Å². The summed E-state index contributed by atoms with van der Waals surface area (Å²) >= 11 is 0. The number of benzene rings is 1. The van der Waals surface area contributed by atoms with E-state index in [2.05, 4.69) is 41.4 Å². The lowest BCUT2D eigenvalue weighted by molar-refractivity contribution is 0.199. The van der Waals surface area contributed by atoms with E-state index in [1.807, 2.05) is 0 Å². The fourth-order valence-corrected chi connectivity index (χ4v) is 3.08. The van der Waals surface area contributed by atoms with Crippen LogP contribution < -0.4 is 10.2 Å². The van der Waals surface area contributed by atoms with Crippen LogP contribution in [0.4, 0.5) is 5.69 Å². The standard InChI is InChI=1S/C17H28N2O/c1-3-16-9-6-7-12-19(16)17-10-5-4-8-15(17)14-18-11-13-20-2/h4-5,8,10,16,18H,3,6-7,9,11-14H2,1-2H3. The van der Waals surface area contributed by atoms with Crippen LogP contribution in [-0.2, 0) is 11.3 Å². The minimum Gasteiger partial charge on any atom is -0.383 e. The number of ether oxygens (including phenoxy) is 1. The van der Waals surface area contributed by atoms with E-state index < -0.39 is 0 Å². The number of piperidine rings is 1. The number of methoxy groups -OCH3 is 1. The molecule has 1 fully saturated rings. The summed E-state index contributed by atoms with van der Waals surface area (Å²) in [6.45, 7) is 6.11. The number of rotatable bonds is 7. The quantitative estimate of drug-likeness (QED) is 0.774. The van der Waals surface area contributed by atoms with Gasteiger partial charge in [-0.2, -0.15) is 0 Å². The van der Waals surface area contributed by atoms with Crippen molar-refractivity contribution in [3.05, 3.63) is 29.8 Å². The number of anilines is 1. The predicted octanol–water partition coefficient (Wildman–Crippen LogP) is 3.19. The Kier molecular flexibility index (Phi) is 6.34. The predicted molar refractivity (Wildman–Crippen MR) is 85.3 cm³/mol. The Morgan fingerprint density at radius 1 is 1.30 bits per heavy atom. The molecule has 1 unspecified atom stereocenters. The monoisotopic (exact) mass is 276 g/mol. The highest BCUT2D eigenvalue weighted by Gasteiger charge is 2.22. The molecular weight excluding hydrogens is 248 g/mol. The first kappa shape index (κ1) is 15.3. The van der Waals surface area contributed by atoms with Crippen LogP contribution >= 0.6 is 0 Å². The fraction of sp³-hybridized carbons (Fsp3) is 0.647. The maximum Gasteiger partial charge on any atom is 0.0587 e. The van der Waals surface area contributed by atoms with Crippen LogP contribution in [-0.4, -0.2) is 32.8 Å². The average molecular weight is 276 g/mol. The molecule has 1 N–H and O–H groups in total. The molecule has 0 saturated carbocycles. The Morgan fingerprint density at radius 3 is 2.95 bits per heavy atom. The van der Waals surface area contributed by atoms with Crippen molar-refractivity contribution in [2.75, 3.05) is 31.7 Å². The van der Waals surface area contributed by atoms with Crippen molar-refractivity contribution in [2.24, 2.45) is 0 Å². The molecule has 1 aromatic rings. The molecule has 0 bridgehead atoms. The zero-order chi connectivity index (χ0) is 14.2. The van der Waals surface area contributed by atoms with Crippen molar-refractivity contribution in [1.29, 1.82) is 0 Å². The highest BCUT2D eigenvalue weighted by atomic mass is 16.5. The van der Waals surface area contributed by atoms with Gasteiger partial charge in [-0.1, -0.05) is 25.1 Å². The molecule has 0 radical (unpaired) electrons. The number of hydrogen-bond acceptors (Lipinski definition) is 3. The third kappa shape index (κ3) is 3.97. The van der Waals surface area contributed by atoms with Crippen LogP contribution in [0.3, 0.4) is 0 Å². The molecule has 20 heavy (non-hydrogen) atoms. The van der Waals surface area contributed by atoms with Crippen molar-refractivity contribution in [1.82, 2.24) is 5.32 Å². The van der Waals surface area contributed by atoms with Crippen LogP contribution in [0.2, 0.25) is 0 Å². The molecule has 0 spiro atoms. The zero-order valence-electron chi connectivity index (χ0n) is 12.9. The Labute approximate surface area is 123 Å². The van der Waals surface area contributed by atoms with E-state index in [-0.39, 0.29) is 0 Å². The molecule has 1 aromatic carbocycles. The third-order valence-electron chi connectivity index (χ3n) is 4.20. The summed E-state index contributed by atoms with van der Waals surface area (Å²) in [6, 6.07) is 9.54. The summed E-state index contributed by atoms with van der Waals surface area (Å²) in [5, 5.41) is 3.46. The van der Waals surface area contributed by atoms with Gasteiger partial charge in [0.05, 0.1) is 6.61 Å². The Morgan fingerprint density at radius 2 is 2.15 bits per heavy atom. The zero-order valence-corrected chi connectivity index (χ0v) is 12.9. The first-order chi connectivity index (χ1) is 9.86. The molecule has 1 atom stereocenters. The van der Waals surface area contributed by atoms with Crippen LogP contribution in [0.1, 0.15) is 38.2 Å². The molecule has 112 valence electrons. The maximum absolute atomic E-state index is 5.09. The van der Waals surface area contributed by atoms with Crippen molar-refractivity contribution < 1.29 is 4.74 Å². The smallest absolute Gasteiger partial charge is 0.0587 e. The van der Waals surface area contributed by atoms with Crippen LogP contribution in [0.25, 0.3) is 0 Å². The lowest BCUT2D eigenvalue weighted by atomic mass is 9.98. The number of para-hydroxylation sites is 1. The molecule has 0 amide bonds. The first-order valence-corrected chi connectivity index (χ1v) is 7.91. The van der Waals surface area contributed by atoms with Gasteiger partial charge in [-0.3, -0.25) is 0 Å². The maximum atomic E-state index is 5.09. The van der Waals surface area contributed by atoms with Gasteiger partial charge >= 0.3 is 0 Å². The van der Waals surface area contributed by atoms with Gasteiger partial charge < -0.3 is 15.0 Å². The lowest BCUT2D eigenvalue weighted by Crippen LogP contribution is -2.40. The summed E-state index contributed by atoms with van der Waals surface area (Å²) < 4.78 is 5.09. The second-order valence-electron chi connectivity index (χ2n) is 5.55. The van der Waals surface area contributed by atoms with Gasteiger partial charge in [-0.25, -0.2) is 0 Å². The van der Waals surface area contributed by atoms with Gasteiger partial charge in [0.25, 0.3) is 0 Å². The van der Waals surface area contributed by atoms with E-state index in [0.717, 1.165) is 19.7 Å². The van der Waals surface area contributed by atoms with E-state index in [4.69, 9.17) is 4.74 Å². The van der Waals surface area contributed by atoms with E-state index in [1.165, 1.54) is 43.5 Å². The normalized spacial score (nSPS) is 19.3. The molecular formula is C17H28N2O. The number of hydrogen-bond donors (Lipinski definition) is 1. The second kappa shape index (κ2) is 8.28. The summed E-state index contributed by atoms with van der Waals surface area (Å²) in [5.41, 5.74) is 2.83. The van der Waals surface area contributed by atoms with Gasteiger partial charge in [0.15, 0.2) is 0 Å². The van der Waals surface area contributed by atoms with Gasteiger partial charge in [-0.15, -0.1) is 0 Å². The van der Waals surface area contributed by atoms with E-state index in [1.54, 1.807) is 7.11 Å². The molecule has 1 aliphatic heterocycles. The summed E-state index contributed by atoms with van der Waals surface area (Å²) in [7, 11) is 1.75. The van der Waals surface area contributed by atoms with Crippen molar-refractivity contribution in [3.63, 3.8) is 0 Å². The molecule has 1 aliphatic rings. The molecule has 3 nitrogen and oxygen atoms in total. The Bertz CT molecular complexity index is 394. The second-order valence-corrected chi connectivity index (χ2v) is 5.55. The minimum atomic E-state index is 0.712. The van der Waals surface area contributed by atoms with Crippen LogP contribution in [0.15, 0.2) is 24.3 Å². The van der Waals surface area contributed by atoms with Crippen molar-refractivity contribution >= 4 is 5.69 Å². The van der Waals surface area contributed by atoms with Crippen molar-refractivity contribution in [3.8, 4) is 0 Å². The van der Waals surface area contributed by atoms with E-state index in [9.17, 15) is 0 Å². The molecule has 0 aromatic heterocycles. The van der Waals surface area contributed by atoms with E-state index >= 15 is 0 Å². The first-order valence-electron chi connectivity index (χ1n) is 7.91. The van der Waals surface area contributed by atoms with Crippen LogP contribution in [0.5, 0.6) is 0 Å². The summed E-state index contributed by atoms with van der Waals surface area (Å²) in [6.07, 6.45) is 5.28. The largest absolute Gasteiger partial charge is 0.383 e. The lowest BCUT2D eigenvalue weighted by Gasteiger charge is -2.38. The minimum absolute atomic E-state index is 0.712. The summed E-state index contributed by atoms with van der Waals surface area (Å²) in [5.74, 6) is 0. The number of nitrogens with zero attached hydrogens (tertiary/aromatic N) is 1. The topological polar surface area (TPSA) is 24.5 Å². The average Bonchev–Trinajstić information content (AvgIpc) is 2.52. The molecule has 1 heterocycles. The highest BCUT2D eigenvalue weighted by Crippen LogP contribution is 2.29. The highest BCUT2D eigenvalue weighted by molar-refractivity contribution is 5.54. The molecule has 0 aliphatic carbocycles. The van der Waals surface area contributed by atoms with Crippen molar-refractivity contribution in [2.45, 2.75) is 45.2 Å². The Balaban J connectivity index is 2.05. The fourth-order valence-electron chi connectivity index (χ4n) is 3.08.